The minimum atomic E-state index is -0.311. The molecule has 0 aromatic heterocycles. The summed E-state index contributed by atoms with van der Waals surface area (Å²) < 4.78 is 0. The van der Waals surface area contributed by atoms with E-state index in [9.17, 15) is 9.59 Å². The highest BCUT2D eigenvalue weighted by Gasteiger charge is 2.37. The van der Waals surface area contributed by atoms with Crippen LogP contribution in [0.2, 0.25) is 5.02 Å². The number of carbonyl (C=O) groups is 2. The van der Waals surface area contributed by atoms with Crippen molar-refractivity contribution in [3.05, 3.63) is 58.1 Å². The van der Waals surface area contributed by atoms with Crippen LogP contribution < -0.4 is 9.80 Å². The Balaban J connectivity index is 1.72. The van der Waals surface area contributed by atoms with E-state index in [1.807, 2.05) is 19.1 Å². The van der Waals surface area contributed by atoms with Crippen LogP contribution in [0.15, 0.2) is 36.4 Å². The van der Waals surface area contributed by atoms with E-state index in [2.05, 4.69) is 11.0 Å². The van der Waals surface area contributed by atoms with Gasteiger partial charge in [0.2, 0.25) is 0 Å². The Morgan fingerprint density at radius 1 is 0.917 bits per heavy atom. The number of halogens is 1. The summed E-state index contributed by atoms with van der Waals surface area (Å²) >= 11 is 5.97. The Morgan fingerprint density at radius 3 is 2.33 bits per heavy atom. The van der Waals surface area contributed by atoms with Crippen LogP contribution in [-0.2, 0) is 0 Å². The number of hydrogen-bond acceptors (Lipinski definition) is 3. The van der Waals surface area contributed by atoms with Crippen LogP contribution in [0.3, 0.4) is 0 Å². The molecule has 2 heterocycles. The maximum absolute atomic E-state index is 12.7. The van der Waals surface area contributed by atoms with E-state index in [1.54, 1.807) is 18.2 Å². The van der Waals surface area contributed by atoms with E-state index >= 15 is 0 Å². The van der Waals surface area contributed by atoms with Gasteiger partial charge in [0.1, 0.15) is 0 Å². The average Bonchev–Trinajstić information content (AvgIpc) is 3.17. The van der Waals surface area contributed by atoms with Crippen LogP contribution in [0, 0.1) is 6.92 Å². The van der Waals surface area contributed by atoms with E-state index in [0.29, 0.717) is 21.8 Å². The van der Waals surface area contributed by atoms with Gasteiger partial charge in [-0.05, 0) is 61.7 Å². The normalized spacial score (nSPS) is 16.9. The van der Waals surface area contributed by atoms with Gasteiger partial charge >= 0.3 is 0 Å². The second kappa shape index (κ2) is 5.64. The molecule has 0 spiro atoms. The number of nitrogens with zero attached hydrogens (tertiary/aromatic N) is 2. The number of aryl methyl sites for hydroxylation is 1. The second-order valence-electron chi connectivity index (χ2n) is 6.30. The molecule has 2 aromatic rings. The molecule has 0 aliphatic carbocycles. The van der Waals surface area contributed by atoms with Crippen molar-refractivity contribution in [2.75, 3.05) is 22.9 Å². The SMILES string of the molecule is Cc1cc(N2CCCC2)ccc1N1C(=O)c2ccc(Cl)cc2C1=O. The van der Waals surface area contributed by atoms with Crippen LogP contribution in [0.25, 0.3) is 0 Å². The number of anilines is 2. The minimum Gasteiger partial charge on any atom is -0.372 e. The Labute approximate surface area is 145 Å². The van der Waals surface area contributed by atoms with Crippen molar-refractivity contribution in [2.24, 2.45) is 0 Å². The lowest BCUT2D eigenvalue weighted by Gasteiger charge is -2.21. The number of imide groups is 1. The molecule has 1 saturated heterocycles. The summed E-state index contributed by atoms with van der Waals surface area (Å²) in [6, 6.07) is 10.7. The summed E-state index contributed by atoms with van der Waals surface area (Å²) in [4.78, 5) is 28.9. The summed E-state index contributed by atoms with van der Waals surface area (Å²) in [7, 11) is 0. The minimum absolute atomic E-state index is 0.288. The standard InChI is InChI=1S/C19H17ClN2O2/c1-12-10-14(21-8-2-3-9-21)5-7-17(12)22-18(23)15-6-4-13(20)11-16(15)19(22)24/h4-7,10-11H,2-3,8-9H2,1H3. The van der Waals surface area contributed by atoms with Crippen LogP contribution >= 0.6 is 11.6 Å². The molecule has 0 saturated carbocycles. The number of carbonyl (C=O) groups excluding carboxylic acids is 2. The van der Waals surface area contributed by atoms with Gasteiger partial charge < -0.3 is 4.90 Å². The second-order valence-corrected chi connectivity index (χ2v) is 6.74. The molecule has 0 unspecified atom stereocenters. The van der Waals surface area contributed by atoms with Gasteiger partial charge in [-0.3, -0.25) is 9.59 Å². The zero-order chi connectivity index (χ0) is 16.8. The molecule has 5 heteroatoms. The number of rotatable bonds is 2. The molecule has 1 fully saturated rings. The summed E-state index contributed by atoms with van der Waals surface area (Å²) in [6.45, 7) is 4.06. The van der Waals surface area contributed by atoms with Crippen molar-refractivity contribution in [1.29, 1.82) is 0 Å². The van der Waals surface area contributed by atoms with Gasteiger partial charge in [-0.25, -0.2) is 4.90 Å². The van der Waals surface area contributed by atoms with Crippen molar-refractivity contribution in [2.45, 2.75) is 19.8 Å². The average molecular weight is 341 g/mol. The third-order valence-corrected chi connectivity index (χ3v) is 4.98. The van der Waals surface area contributed by atoms with Crippen molar-refractivity contribution in [3.8, 4) is 0 Å². The number of benzene rings is 2. The summed E-state index contributed by atoms with van der Waals surface area (Å²) in [5.74, 6) is -0.599. The fraction of sp³-hybridized carbons (Fsp3) is 0.263. The number of fused-ring (bicyclic) bond motifs is 1. The van der Waals surface area contributed by atoms with Gasteiger partial charge in [0.05, 0.1) is 16.8 Å². The van der Waals surface area contributed by atoms with Gasteiger partial charge in [0.15, 0.2) is 0 Å². The number of amides is 2. The highest BCUT2D eigenvalue weighted by Crippen LogP contribution is 2.34. The first-order valence-electron chi connectivity index (χ1n) is 8.10. The van der Waals surface area contributed by atoms with Crippen LogP contribution in [0.1, 0.15) is 39.1 Å². The Kier molecular flexibility index (Phi) is 3.57. The zero-order valence-electron chi connectivity index (χ0n) is 13.4. The van der Waals surface area contributed by atoms with Crippen molar-refractivity contribution >= 4 is 34.8 Å². The molecular weight excluding hydrogens is 324 g/mol. The van der Waals surface area contributed by atoms with Crippen LogP contribution in [-0.4, -0.2) is 24.9 Å². The molecule has 4 nitrogen and oxygen atoms in total. The predicted molar refractivity (Wildman–Crippen MR) is 95.2 cm³/mol. The fourth-order valence-electron chi connectivity index (χ4n) is 3.49. The summed E-state index contributed by atoms with van der Waals surface area (Å²) in [6.07, 6.45) is 2.42. The topological polar surface area (TPSA) is 40.6 Å². The summed E-state index contributed by atoms with van der Waals surface area (Å²) in [5.41, 5.74) is 3.48. The van der Waals surface area contributed by atoms with Crippen LogP contribution in [0.4, 0.5) is 11.4 Å². The lowest BCUT2D eigenvalue weighted by molar-refractivity contribution is 0.0926. The largest absolute Gasteiger partial charge is 0.372 e. The lowest BCUT2D eigenvalue weighted by Crippen LogP contribution is -2.30. The number of hydrogen-bond donors (Lipinski definition) is 0. The van der Waals surface area contributed by atoms with Gasteiger partial charge in [-0.2, -0.15) is 0 Å². The molecule has 4 rings (SSSR count). The Morgan fingerprint density at radius 2 is 1.62 bits per heavy atom. The first-order chi connectivity index (χ1) is 11.6. The molecule has 2 aromatic carbocycles. The molecule has 2 aliphatic rings. The molecule has 122 valence electrons. The van der Waals surface area contributed by atoms with Gasteiger partial charge in [0.25, 0.3) is 11.8 Å². The zero-order valence-corrected chi connectivity index (χ0v) is 14.1. The van der Waals surface area contributed by atoms with Crippen molar-refractivity contribution in [1.82, 2.24) is 0 Å². The molecule has 0 bridgehead atoms. The smallest absolute Gasteiger partial charge is 0.266 e. The maximum atomic E-state index is 12.7. The molecule has 0 atom stereocenters. The summed E-state index contributed by atoms with van der Waals surface area (Å²) in [5, 5.41) is 0.456. The molecule has 0 radical (unpaired) electrons. The van der Waals surface area contributed by atoms with Crippen molar-refractivity contribution in [3.63, 3.8) is 0 Å². The Bertz CT molecular complexity index is 856. The predicted octanol–water partition coefficient (Wildman–Crippen LogP) is 4.05. The first kappa shape index (κ1) is 15.2. The highest BCUT2D eigenvalue weighted by atomic mass is 35.5. The van der Waals surface area contributed by atoms with E-state index in [4.69, 9.17) is 11.6 Å². The maximum Gasteiger partial charge on any atom is 0.266 e. The third kappa shape index (κ3) is 2.29. The van der Waals surface area contributed by atoms with Gasteiger partial charge in [0, 0.05) is 23.8 Å². The first-order valence-corrected chi connectivity index (χ1v) is 8.48. The lowest BCUT2D eigenvalue weighted by atomic mass is 10.1. The van der Waals surface area contributed by atoms with Gasteiger partial charge in [-0.1, -0.05) is 11.6 Å². The fourth-order valence-corrected chi connectivity index (χ4v) is 3.67. The van der Waals surface area contributed by atoms with E-state index in [-0.39, 0.29) is 11.8 Å². The van der Waals surface area contributed by atoms with E-state index in [1.165, 1.54) is 17.7 Å². The van der Waals surface area contributed by atoms with Crippen LogP contribution in [0.5, 0.6) is 0 Å². The quantitative estimate of drug-likeness (QED) is 0.774. The molecular formula is C19H17ClN2O2. The molecule has 24 heavy (non-hydrogen) atoms. The monoisotopic (exact) mass is 340 g/mol. The van der Waals surface area contributed by atoms with Gasteiger partial charge in [-0.15, -0.1) is 0 Å². The molecule has 2 aliphatic heterocycles. The van der Waals surface area contributed by atoms with E-state index < -0.39 is 0 Å². The van der Waals surface area contributed by atoms with Crippen molar-refractivity contribution < 1.29 is 9.59 Å². The third-order valence-electron chi connectivity index (χ3n) is 4.74. The highest BCUT2D eigenvalue weighted by molar-refractivity contribution is 6.36. The molecule has 2 amide bonds. The Hall–Kier alpha value is -2.33. The molecule has 0 N–H and O–H groups in total. The van der Waals surface area contributed by atoms with E-state index in [0.717, 1.165) is 24.3 Å².